The largest absolute Gasteiger partial charge is 0.465 e. The summed E-state index contributed by atoms with van der Waals surface area (Å²) in [5, 5.41) is -0.172. The number of methoxy groups -OCH3 is 1. The van der Waals surface area contributed by atoms with E-state index in [0.29, 0.717) is 29.1 Å². The van der Waals surface area contributed by atoms with Crippen LogP contribution in [0.15, 0.2) is 0 Å². The first-order chi connectivity index (χ1) is 11.8. The number of aromatic nitrogens is 1. The number of Topliss-reactive ketones (excluding diaryl/α,β-unsaturated/α-hetero) is 1. The summed E-state index contributed by atoms with van der Waals surface area (Å²) in [6.07, 6.45) is -1.04. The minimum absolute atomic E-state index is 0.172. The van der Waals surface area contributed by atoms with Crippen LogP contribution < -0.4 is 0 Å². The summed E-state index contributed by atoms with van der Waals surface area (Å²) >= 11 is 1.14. The lowest BCUT2D eigenvalue weighted by atomic mass is 10.1. The van der Waals surface area contributed by atoms with Crippen LogP contribution in [-0.2, 0) is 14.3 Å². The highest BCUT2D eigenvalue weighted by atomic mass is 32.2. The lowest BCUT2D eigenvalue weighted by Crippen LogP contribution is -2.34. The van der Waals surface area contributed by atoms with Crippen LogP contribution in [0.3, 0.4) is 0 Å². The molecule has 1 N–H and O–H groups in total. The van der Waals surface area contributed by atoms with Crippen LogP contribution in [0.25, 0.3) is 0 Å². The fraction of sp³-hybridized carbons (Fsp3) is 0.500. The molecule has 1 aromatic heterocycles. The number of hydrogen-bond acceptors (Lipinski definition) is 7. The lowest BCUT2D eigenvalue weighted by Gasteiger charge is -2.16. The van der Waals surface area contributed by atoms with E-state index in [1.165, 1.54) is 18.9 Å². The van der Waals surface area contributed by atoms with E-state index in [2.05, 4.69) is 4.98 Å². The maximum absolute atomic E-state index is 12.5. The molecule has 1 amide bonds. The van der Waals surface area contributed by atoms with Gasteiger partial charge in [-0.05, 0) is 26.3 Å². The zero-order valence-electron chi connectivity index (χ0n) is 14.5. The molecule has 9 heteroatoms. The van der Waals surface area contributed by atoms with Gasteiger partial charge in [0.15, 0.2) is 6.10 Å². The van der Waals surface area contributed by atoms with E-state index < -0.39 is 23.8 Å². The molecule has 2 heterocycles. The summed E-state index contributed by atoms with van der Waals surface area (Å²) < 4.78 is 9.85. The van der Waals surface area contributed by atoms with Crippen molar-refractivity contribution in [3.8, 4) is 0 Å². The number of amides is 1. The summed E-state index contributed by atoms with van der Waals surface area (Å²) in [5.41, 5.74) is 1.45. The van der Waals surface area contributed by atoms with E-state index in [-0.39, 0.29) is 17.5 Å². The van der Waals surface area contributed by atoms with Crippen LogP contribution in [-0.4, -0.2) is 64.9 Å². The molecule has 0 radical (unpaired) electrons. The third-order valence-corrected chi connectivity index (χ3v) is 4.81. The molecule has 1 atom stereocenters. The predicted molar refractivity (Wildman–Crippen MR) is 90.9 cm³/mol. The normalized spacial score (nSPS) is 15.2. The van der Waals surface area contributed by atoms with Crippen LogP contribution >= 0.6 is 11.8 Å². The molecule has 0 spiro atoms. The van der Waals surface area contributed by atoms with E-state index in [1.807, 2.05) is 0 Å². The molecule has 1 aliphatic heterocycles. The first-order valence-electron chi connectivity index (χ1n) is 7.69. The Morgan fingerprint density at radius 1 is 1.32 bits per heavy atom. The molecule has 1 fully saturated rings. The molecule has 8 nitrogen and oxygen atoms in total. The minimum atomic E-state index is -1.04. The minimum Gasteiger partial charge on any atom is -0.465 e. The van der Waals surface area contributed by atoms with Gasteiger partial charge in [-0.1, -0.05) is 11.8 Å². The van der Waals surface area contributed by atoms with Crippen molar-refractivity contribution in [3.63, 3.8) is 0 Å². The number of carbonyl (C=O) groups excluding carboxylic acids is 4. The number of aryl methyl sites for hydroxylation is 1. The molecule has 2 rings (SSSR count). The number of aromatic amines is 1. The van der Waals surface area contributed by atoms with Gasteiger partial charge in [0.2, 0.25) is 5.78 Å². The summed E-state index contributed by atoms with van der Waals surface area (Å²) in [6, 6.07) is 0. The summed E-state index contributed by atoms with van der Waals surface area (Å²) in [5.74, 6) is -1.00. The molecule has 1 saturated heterocycles. The van der Waals surface area contributed by atoms with Gasteiger partial charge in [0, 0.05) is 18.0 Å². The van der Waals surface area contributed by atoms with Crippen molar-refractivity contribution in [2.75, 3.05) is 26.0 Å². The first kappa shape index (κ1) is 19.0. The van der Waals surface area contributed by atoms with Crippen molar-refractivity contribution in [2.24, 2.45) is 0 Å². The molecule has 1 aromatic rings. The smallest absolute Gasteiger partial charge is 0.339 e. The summed E-state index contributed by atoms with van der Waals surface area (Å²) in [6.45, 7) is 5.03. The van der Waals surface area contributed by atoms with Gasteiger partial charge in [-0.25, -0.2) is 4.79 Å². The Hall–Kier alpha value is -2.29. The van der Waals surface area contributed by atoms with Crippen LogP contribution in [0.2, 0.25) is 0 Å². The van der Waals surface area contributed by atoms with Gasteiger partial charge in [-0.3, -0.25) is 14.4 Å². The number of ketones is 1. The number of rotatable bonds is 6. The molecule has 0 saturated carbocycles. The van der Waals surface area contributed by atoms with Gasteiger partial charge >= 0.3 is 11.9 Å². The number of esters is 2. The van der Waals surface area contributed by atoms with Gasteiger partial charge in [-0.2, -0.15) is 0 Å². The molecule has 0 aromatic carbocycles. The Morgan fingerprint density at radius 3 is 2.56 bits per heavy atom. The quantitative estimate of drug-likeness (QED) is 0.602. The third-order valence-electron chi connectivity index (χ3n) is 3.92. The number of nitrogens with one attached hydrogen (secondary N) is 1. The number of ether oxygens (including phenoxy) is 2. The van der Waals surface area contributed by atoms with E-state index in [9.17, 15) is 19.2 Å². The Bertz CT molecular complexity index is 726. The van der Waals surface area contributed by atoms with E-state index in [0.717, 1.165) is 11.8 Å². The Labute approximate surface area is 149 Å². The maximum Gasteiger partial charge on any atom is 0.339 e. The molecular weight excluding hydrogens is 348 g/mol. The first-order valence-corrected chi connectivity index (χ1v) is 8.67. The van der Waals surface area contributed by atoms with E-state index >= 15 is 0 Å². The average molecular weight is 368 g/mol. The Balaban J connectivity index is 2.06. The van der Waals surface area contributed by atoms with Gasteiger partial charge in [0.1, 0.15) is 6.54 Å². The highest BCUT2D eigenvalue weighted by molar-refractivity contribution is 8.13. The van der Waals surface area contributed by atoms with Crippen LogP contribution in [0.1, 0.15) is 39.0 Å². The number of hydrogen-bond donors (Lipinski definition) is 1. The molecule has 1 aliphatic rings. The highest BCUT2D eigenvalue weighted by Crippen LogP contribution is 2.21. The van der Waals surface area contributed by atoms with Gasteiger partial charge in [0.05, 0.1) is 18.4 Å². The van der Waals surface area contributed by atoms with E-state index in [4.69, 9.17) is 9.47 Å². The number of H-pyrrole nitrogens is 1. The summed E-state index contributed by atoms with van der Waals surface area (Å²) in [7, 11) is 1.26. The standard InChI is InChI=1S/C16H20N2O6S/c1-8-12(15(21)23-4)9(2)17-13(8)14(20)10(3)24-11(19)7-18-5-6-25-16(18)22/h10,17H,5-7H2,1-4H3/t10-/m1/s1. The van der Waals surface area contributed by atoms with Gasteiger partial charge in [-0.15, -0.1) is 0 Å². The molecule has 0 unspecified atom stereocenters. The van der Waals surface area contributed by atoms with Crippen molar-refractivity contribution in [2.45, 2.75) is 26.9 Å². The van der Waals surface area contributed by atoms with Crippen LogP contribution in [0, 0.1) is 13.8 Å². The van der Waals surface area contributed by atoms with Crippen molar-refractivity contribution in [3.05, 3.63) is 22.5 Å². The number of nitrogens with zero attached hydrogens (tertiary/aromatic N) is 1. The average Bonchev–Trinajstić information content (AvgIpc) is 3.09. The highest BCUT2D eigenvalue weighted by Gasteiger charge is 2.29. The van der Waals surface area contributed by atoms with Crippen molar-refractivity contribution >= 4 is 34.7 Å². The fourth-order valence-corrected chi connectivity index (χ4v) is 3.45. The second-order valence-corrected chi connectivity index (χ2v) is 6.70. The fourth-order valence-electron chi connectivity index (χ4n) is 2.62. The number of thioether (sulfide) groups is 1. The SMILES string of the molecule is COC(=O)c1c(C)[nH]c(C(=O)[C@@H](C)OC(=O)CN2CCSC2=O)c1C. The zero-order chi connectivity index (χ0) is 18.7. The van der Waals surface area contributed by atoms with Crippen LogP contribution in [0.4, 0.5) is 4.79 Å². The predicted octanol–water partition coefficient (Wildman–Crippen LogP) is 1.70. The molecular formula is C16H20N2O6S. The lowest BCUT2D eigenvalue weighted by molar-refractivity contribution is -0.146. The van der Waals surface area contributed by atoms with Crippen molar-refractivity contribution < 1.29 is 28.7 Å². The van der Waals surface area contributed by atoms with E-state index in [1.54, 1.807) is 13.8 Å². The monoisotopic (exact) mass is 368 g/mol. The molecule has 25 heavy (non-hydrogen) atoms. The van der Waals surface area contributed by atoms with Gasteiger partial charge in [0.25, 0.3) is 5.24 Å². The molecule has 136 valence electrons. The van der Waals surface area contributed by atoms with Crippen molar-refractivity contribution in [1.29, 1.82) is 0 Å². The maximum atomic E-state index is 12.5. The summed E-state index contributed by atoms with van der Waals surface area (Å²) in [4.78, 5) is 52.0. The zero-order valence-corrected chi connectivity index (χ0v) is 15.3. The second-order valence-electron chi connectivity index (χ2n) is 5.65. The van der Waals surface area contributed by atoms with Crippen molar-refractivity contribution in [1.82, 2.24) is 9.88 Å². The topological polar surface area (TPSA) is 106 Å². The number of carbonyl (C=O) groups is 4. The second kappa shape index (κ2) is 7.73. The molecule has 0 bridgehead atoms. The molecule has 0 aliphatic carbocycles. The Morgan fingerprint density at radius 2 is 2.00 bits per heavy atom. The third kappa shape index (κ3) is 4.04. The Kier molecular flexibility index (Phi) is 5.89. The van der Waals surface area contributed by atoms with Crippen LogP contribution in [0.5, 0.6) is 0 Å². The van der Waals surface area contributed by atoms with Gasteiger partial charge < -0.3 is 19.4 Å².